The van der Waals surface area contributed by atoms with Crippen LogP contribution in [0.1, 0.15) is 12.5 Å². The first-order chi connectivity index (χ1) is 17.8. The second-order valence-corrected chi connectivity index (χ2v) is 8.53. The van der Waals surface area contributed by atoms with E-state index in [2.05, 4.69) is 55.3 Å². The van der Waals surface area contributed by atoms with Gasteiger partial charge in [-0.3, -0.25) is 0 Å². The van der Waals surface area contributed by atoms with Gasteiger partial charge in [0.15, 0.2) is 0 Å². The van der Waals surface area contributed by atoms with E-state index in [1.54, 1.807) is 31.2 Å². The van der Waals surface area contributed by atoms with E-state index in [1.807, 2.05) is 42.5 Å². The lowest BCUT2D eigenvalue weighted by Gasteiger charge is -2.26. The molecule has 0 aliphatic carbocycles. The third kappa shape index (κ3) is 6.21. The fourth-order valence-electron chi connectivity index (χ4n) is 3.75. The molecule has 0 aliphatic rings. The van der Waals surface area contributed by atoms with Gasteiger partial charge in [0.2, 0.25) is 0 Å². The van der Waals surface area contributed by atoms with Crippen molar-refractivity contribution in [2.75, 3.05) is 4.90 Å². The quantitative estimate of drug-likeness (QED) is 0.144. The first-order valence-electron chi connectivity index (χ1n) is 11.7. The molecule has 0 heterocycles. The van der Waals surface area contributed by atoms with E-state index in [-0.39, 0.29) is 0 Å². The number of esters is 2. The van der Waals surface area contributed by atoms with E-state index < -0.39 is 11.9 Å². The van der Waals surface area contributed by atoms with Crippen LogP contribution in [0.5, 0.6) is 11.5 Å². The second kappa shape index (κ2) is 11.2. The van der Waals surface area contributed by atoms with Crippen molar-refractivity contribution in [2.24, 2.45) is 0 Å². The molecule has 184 valence electrons. The highest BCUT2D eigenvalue weighted by Crippen LogP contribution is 2.36. The summed E-state index contributed by atoms with van der Waals surface area (Å²) >= 11 is 0. The van der Waals surface area contributed by atoms with Gasteiger partial charge >= 0.3 is 11.9 Å². The standard InChI is InChI=1S/C32H27NO4/c1-5-31(34)36-29-17-11-25(12-18-29)24-9-13-26(14-10-24)33(28-8-6-7-23(4)21-28)27-15-19-30(20-16-27)37-32(35)22(2)3/h5-21H,1-2H2,3-4H3. The molecule has 0 fully saturated rings. The van der Waals surface area contributed by atoms with Gasteiger partial charge in [0, 0.05) is 28.7 Å². The minimum Gasteiger partial charge on any atom is -0.423 e. The summed E-state index contributed by atoms with van der Waals surface area (Å²) in [6.07, 6.45) is 1.13. The lowest BCUT2D eigenvalue weighted by molar-refractivity contribution is -0.130. The topological polar surface area (TPSA) is 55.8 Å². The van der Waals surface area contributed by atoms with Crippen LogP contribution in [0, 0.1) is 6.92 Å². The molecule has 0 atom stereocenters. The van der Waals surface area contributed by atoms with Crippen LogP contribution in [0.2, 0.25) is 0 Å². The monoisotopic (exact) mass is 489 g/mol. The molecule has 0 aromatic heterocycles. The first kappa shape index (κ1) is 25.2. The maximum Gasteiger partial charge on any atom is 0.338 e. The third-order valence-corrected chi connectivity index (χ3v) is 5.61. The van der Waals surface area contributed by atoms with Gasteiger partial charge in [0.1, 0.15) is 11.5 Å². The summed E-state index contributed by atoms with van der Waals surface area (Å²) in [7, 11) is 0. The smallest absolute Gasteiger partial charge is 0.338 e. The normalized spacial score (nSPS) is 10.3. The lowest BCUT2D eigenvalue weighted by Crippen LogP contribution is -2.11. The van der Waals surface area contributed by atoms with Crippen molar-refractivity contribution in [3.05, 3.63) is 127 Å². The van der Waals surface area contributed by atoms with E-state index in [0.29, 0.717) is 17.1 Å². The van der Waals surface area contributed by atoms with Gasteiger partial charge in [-0.2, -0.15) is 0 Å². The average Bonchev–Trinajstić information content (AvgIpc) is 2.90. The Hall–Kier alpha value is -4.90. The zero-order chi connectivity index (χ0) is 26.4. The molecule has 4 rings (SSSR count). The zero-order valence-electron chi connectivity index (χ0n) is 20.8. The number of benzene rings is 4. The summed E-state index contributed by atoms with van der Waals surface area (Å²) in [6.45, 7) is 10.7. The number of carbonyl (C=O) groups is 2. The van der Waals surface area contributed by atoms with E-state index in [1.165, 1.54) is 0 Å². The number of anilines is 3. The molecular formula is C32H27NO4. The molecule has 0 saturated carbocycles. The molecule has 0 spiro atoms. The van der Waals surface area contributed by atoms with Crippen LogP contribution >= 0.6 is 0 Å². The van der Waals surface area contributed by atoms with Crippen molar-refractivity contribution in [1.29, 1.82) is 0 Å². The Morgan fingerprint density at radius 3 is 1.78 bits per heavy atom. The Balaban J connectivity index is 1.63. The first-order valence-corrected chi connectivity index (χ1v) is 11.7. The number of hydrogen-bond acceptors (Lipinski definition) is 5. The maximum absolute atomic E-state index is 11.9. The highest BCUT2D eigenvalue weighted by molar-refractivity contribution is 5.89. The van der Waals surface area contributed by atoms with Crippen LogP contribution in [0.4, 0.5) is 17.1 Å². The van der Waals surface area contributed by atoms with Crippen LogP contribution in [0.3, 0.4) is 0 Å². The van der Waals surface area contributed by atoms with E-state index in [4.69, 9.17) is 9.47 Å². The van der Waals surface area contributed by atoms with E-state index >= 15 is 0 Å². The van der Waals surface area contributed by atoms with Gasteiger partial charge in [-0.1, -0.05) is 49.6 Å². The average molecular weight is 490 g/mol. The number of rotatable bonds is 8. The molecule has 0 unspecified atom stereocenters. The molecule has 4 aromatic carbocycles. The summed E-state index contributed by atoms with van der Waals surface area (Å²) in [5.74, 6) is -0.0205. The number of hydrogen-bond donors (Lipinski definition) is 0. The summed E-state index contributed by atoms with van der Waals surface area (Å²) in [5, 5.41) is 0. The number of ether oxygens (including phenoxy) is 2. The molecule has 0 bridgehead atoms. The van der Waals surface area contributed by atoms with Crippen molar-refractivity contribution < 1.29 is 19.1 Å². The van der Waals surface area contributed by atoms with Gasteiger partial charge in [0.25, 0.3) is 0 Å². The molecule has 0 radical (unpaired) electrons. The molecule has 5 nitrogen and oxygen atoms in total. The summed E-state index contributed by atoms with van der Waals surface area (Å²) in [4.78, 5) is 25.4. The number of aryl methyl sites for hydroxylation is 1. The minimum absolute atomic E-state index is 0.345. The molecule has 0 aliphatic heterocycles. The van der Waals surface area contributed by atoms with Gasteiger partial charge in [-0.15, -0.1) is 0 Å². The number of nitrogens with zero attached hydrogens (tertiary/aromatic N) is 1. The van der Waals surface area contributed by atoms with E-state index in [0.717, 1.165) is 39.8 Å². The predicted octanol–water partition coefficient (Wildman–Crippen LogP) is 7.70. The summed E-state index contributed by atoms with van der Waals surface area (Å²) in [6, 6.07) is 31.2. The zero-order valence-corrected chi connectivity index (χ0v) is 20.8. The minimum atomic E-state index is -0.490. The molecule has 4 aromatic rings. The maximum atomic E-state index is 11.9. The van der Waals surface area contributed by atoms with Crippen LogP contribution in [-0.4, -0.2) is 11.9 Å². The largest absolute Gasteiger partial charge is 0.423 e. The molecule has 0 N–H and O–H groups in total. The molecule has 5 heteroatoms. The van der Waals surface area contributed by atoms with Crippen molar-refractivity contribution >= 4 is 29.0 Å². The molecule has 37 heavy (non-hydrogen) atoms. The van der Waals surface area contributed by atoms with Crippen molar-refractivity contribution in [3.63, 3.8) is 0 Å². The van der Waals surface area contributed by atoms with Gasteiger partial charge in [0.05, 0.1) is 0 Å². The second-order valence-electron chi connectivity index (χ2n) is 8.53. The highest BCUT2D eigenvalue weighted by atomic mass is 16.5. The Kier molecular flexibility index (Phi) is 7.65. The Morgan fingerprint density at radius 2 is 1.24 bits per heavy atom. The van der Waals surface area contributed by atoms with Crippen LogP contribution < -0.4 is 14.4 Å². The number of carbonyl (C=O) groups excluding carboxylic acids is 2. The third-order valence-electron chi connectivity index (χ3n) is 5.61. The fraction of sp³-hybridized carbons (Fsp3) is 0.0625. The van der Waals surface area contributed by atoms with Crippen molar-refractivity contribution in [3.8, 4) is 22.6 Å². The molecular weight excluding hydrogens is 462 g/mol. The van der Waals surface area contributed by atoms with E-state index in [9.17, 15) is 9.59 Å². The predicted molar refractivity (Wildman–Crippen MR) is 148 cm³/mol. The van der Waals surface area contributed by atoms with Gasteiger partial charge in [-0.05, 0) is 91.2 Å². The lowest BCUT2D eigenvalue weighted by atomic mass is 10.0. The van der Waals surface area contributed by atoms with Crippen molar-refractivity contribution in [2.45, 2.75) is 13.8 Å². The highest BCUT2D eigenvalue weighted by Gasteiger charge is 2.14. The van der Waals surface area contributed by atoms with Crippen molar-refractivity contribution in [1.82, 2.24) is 0 Å². The summed E-state index contributed by atoms with van der Waals surface area (Å²) < 4.78 is 10.5. The van der Waals surface area contributed by atoms with Crippen LogP contribution in [-0.2, 0) is 9.59 Å². The summed E-state index contributed by atoms with van der Waals surface area (Å²) in [5.41, 5.74) is 6.40. The fourth-order valence-corrected chi connectivity index (χ4v) is 3.75. The SMILES string of the molecule is C=CC(=O)Oc1ccc(-c2ccc(N(c3ccc(OC(=O)C(=C)C)cc3)c3cccc(C)c3)cc2)cc1. The van der Waals surface area contributed by atoms with Crippen LogP contribution in [0.15, 0.2) is 122 Å². The molecule has 0 saturated heterocycles. The van der Waals surface area contributed by atoms with Gasteiger partial charge in [-0.25, -0.2) is 9.59 Å². The van der Waals surface area contributed by atoms with Crippen LogP contribution in [0.25, 0.3) is 11.1 Å². The van der Waals surface area contributed by atoms with Gasteiger partial charge < -0.3 is 14.4 Å². The molecule has 0 amide bonds. The Morgan fingerprint density at radius 1 is 0.730 bits per heavy atom. The Labute approximate surface area is 216 Å². The Bertz CT molecular complexity index is 1440.